The molecule has 1 aromatic rings. The molecule has 0 fully saturated rings. The second kappa shape index (κ2) is 2.25. The van der Waals surface area contributed by atoms with Crippen LogP contribution in [0.15, 0.2) is 12.3 Å². The Bertz CT molecular complexity index is 162. The van der Waals surface area contributed by atoms with Crippen LogP contribution in [0.2, 0.25) is 0 Å². The Labute approximate surface area is 46.1 Å². The van der Waals surface area contributed by atoms with E-state index in [1.54, 1.807) is 6.07 Å². The van der Waals surface area contributed by atoms with Crippen LogP contribution in [-0.4, -0.2) is 17.6 Å². The first-order valence-corrected chi connectivity index (χ1v) is 2.03. The predicted molar refractivity (Wildman–Crippen MR) is 25.7 cm³/mol. The minimum absolute atomic E-state index is 0.341. The van der Waals surface area contributed by atoms with Crippen LogP contribution >= 0.6 is 0 Å². The van der Waals surface area contributed by atoms with Crippen molar-refractivity contribution in [1.29, 1.82) is 0 Å². The standard InChI is InChI=1S/C3H3BN2O2/c7-4-8-3-1-2-5-6-3/h1-2H,(H,5,6). The van der Waals surface area contributed by atoms with Gasteiger partial charge >= 0.3 is 45.1 Å². The van der Waals surface area contributed by atoms with Crippen molar-refractivity contribution in [3.8, 4) is 5.88 Å². The molecule has 1 aromatic heterocycles. The normalized spacial score (nSPS) is 8.00. The van der Waals surface area contributed by atoms with Gasteiger partial charge in [0.25, 0.3) is 0 Å². The number of nitrogens with zero attached hydrogens (tertiary/aromatic N) is 1. The van der Waals surface area contributed by atoms with Crippen LogP contribution in [0.1, 0.15) is 0 Å². The summed E-state index contributed by atoms with van der Waals surface area (Å²) in [7, 11) is 0.341. The van der Waals surface area contributed by atoms with E-state index in [2.05, 4.69) is 14.9 Å². The Hall–Kier alpha value is -1.13. The van der Waals surface area contributed by atoms with Gasteiger partial charge in [-0.1, -0.05) is 0 Å². The Balaban J connectivity index is 2.62. The van der Waals surface area contributed by atoms with E-state index in [1.165, 1.54) is 6.20 Å². The Morgan fingerprint density at radius 2 is 2.75 bits per heavy atom. The van der Waals surface area contributed by atoms with Crippen molar-refractivity contribution < 1.29 is 9.36 Å². The summed E-state index contributed by atoms with van der Waals surface area (Å²) in [5.41, 5.74) is 0. The molecule has 0 bridgehead atoms. The van der Waals surface area contributed by atoms with Crippen LogP contribution in [0.4, 0.5) is 0 Å². The van der Waals surface area contributed by atoms with Gasteiger partial charge in [-0.15, -0.1) is 0 Å². The van der Waals surface area contributed by atoms with E-state index in [9.17, 15) is 4.70 Å². The number of hydrogen-bond donors (Lipinski definition) is 1. The molecular weight excluding hydrogens is 107 g/mol. The van der Waals surface area contributed by atoms with E-state index in [4.69, 9.17) is 0 Å². The van der Waals surface area contributed by atoms with Crippen molar-refractivity contribution in [2.45, 2.75) is 0 Å². The monoisotopic (exact) mass is 110 g/mol. The second-order valence-electron chi connectivity index (χ2n) is 1.13. The van der Waals surface area contributed by atoms with Crippen molar-refractivity contribution in [1.82, 2.24) is 10.2 Å². The summed E-state index contributed by atoms with van der Waals surface area (Å²) in [6.07, 6.45) is 1.50. The second-order valence-corrected chi connectivity index (χ2v) is 1.13. The van der Waals surface area contributed by atoms with Gasteiger partial charge in [-0.2, -0.15) is 0 Å². The van der Waals surface area contributed by atoms with Crippen molar-refractivity contribution in [2.24, 2.45) is 0 Å². The molecular formula is C3H3BN2O2. The van der Waals surface area contributed by atoms with Crippen LogP contribution in [0.3, 0.4) is 0 Å². The molecule has 0 saturated heterocycles. The average Bonchev–Trinajstić information content (AvgIpc) is 2.19. The molecule has 0 radical (unpaired) electrons. The summed E-state index contributed by atoms with van der Waals surface area (Å²) < 4.78 is 13.9. The van der Waals surface area contributed by atoms with Crippen molar-refractivity contribution >= 4 is 7.35 Å². The molecule has 0 unspecified atom stereocenters. The molecule has 0 aliphatic heterocycles. The van der Waals surface area contributed by atoms with Crippen LogP contribution in [0.25, 0.3) is 0 Å². The molecule has 0 saturated carbocycles. The van der Waals surface area contributed by atoms with Gasteiger partial charge in [-0.3, -0.25) is 0 Å². The zero-order valence-electron chi connectivity index (χ0n) is 4.00. The van der Waals surface area contributed by atoms with Gasteiger partial charge in [-0.25, -0.2) is 0 Å². The molecule has 4 nitrogen and oxygen atoms in total. The Morgan fingerprint density at radius 1 is 1.88 bits per heavy atom. The number of nitrogens with one attached hydrogen (secondary N) is 1. The zero-order chi connectivity index (χ0) is 5.82. The number of hydrogen-bond acceptors (Lipinski definition) is 3. The number of rotatable bonds is 2. The molecule has 0 spiro atoms. The van der Waals surface area contributed by atoms with Crippen molar-refractivity contribution in [3.05, 3.63) is 12.3 Å². The van der Waals surface area contributed by atoms with Gasteiger partial charge in [-0.05, 0) is 0 Å². The van der Waals surface area contributed by atoms with E-state index in [1.807, 2.05) is 0 Å². The van der Waals surface area contributed by atoms with Crippen LogP contribution < -0.4 is 4.65 Å². The van der Waals surface area contributed by atoms with Gasteiger partial charge in [0.1, 0.15) is 0 Å². The number of H-pyrrole nitrogens is 1. The maximum atomic E-state index is 9.60. The van der Waals surface area contributed by atoms with E-state index in [0.29, 0.717) is 13.2 Å². The van der Waals surface area contributed by atoms with Gasteiger partial charge in [0, 0.05) is 0 Å². The minimum atomic E-state index is 0.341. The van der Waals surface area contributed by atoms with E-state index in [-0.39, 0.29) is 0 Å². The molecule has 1 rings (SSSR count). The molecule has 0 aliphatic carbocycles. The molecule has 0 aromatic carbocycles. The van der Waals surface area contributed by atoms with Crippen LogP contribution in [0.5, 0.6) is 5.88 Å². The van der Waals surface area contributed by atoms with Gasteiger partial charge in [0.2, 0.25) is 0 Å². The third kappa shape index (κ3) is 0.929. The summed E-state index contributed by atoms with van der Waals surface area (Å²) >= 11 is 0. The third-order valence-corrected chi connectivity index (χ3v) is 0.650. The molecule has 1 N–H and O–H groups in total. The first-order chi connectivity index (χ1) is 3.93. The SMILES string of the molecule is O=BOc1ccn[nH]1. The summed E-state index contributed by atoms with van der Waals surface area (Å²) in [5, 5.41) is 5.97. The molecule has 0 atom stereocenters. The molecule has 8 heavy (non-hydrogen) atoms. The Kier molecular flexibility index (Phi) is 1.41. The molecule has 0 amide bonds. The van der Waals surface area contributed by atoms with E-state index >= 15 is 0 Å². The van der Waals surface area contributed by atoms with Crippen molar-refractivity contribution in [3.63, 3.8) is 0 Å². The summed E-state index contributed by atoms with van der Waals surface area (Å²) in [4.78, 5) is 0. The Morgan fingerprint density at radius 3 is 3.25 bits per heavy atom. The topological polar surface area (TPSA) is 55.0 Å². The molecule has 0 aliphatic rings. The predicted octanol–water partition coefficient (Wildman–Crippen LogP) is -0.247. The summed E-state index contributed by atoms with van der Waals surface area (Å²) in [5.74, 6) is 0.361. The zero-order valence-corrected chi connectivity index (χ0v) is 4.00. The number of aromatic nitrogens is 2. The van der Waals surface area contributed by atoms with E-state index < -0.39 is 0 Å². The molecule has 40 valence electrons. The average molecular weight is 110 g/mol. The van der Waals surface area contributed by atoms with E-state index in [0.717, 1.165) is 0 Å². The first kappa shape index (κ1) is 5.02. The summed E-state index contributed by atoms with van der Waals surface area (Å²) in [6, 6.07) is 1.55. The van der Waals surface area contributed by atoms with Gasteiger partial charge < -0.3 is 0 Å². The molecule has 5 heteroatoms. The van der Waals surface area contributed by atoms with Gasteiger partial charge in [0.15, 0.2) is 0 Å². The number of aromatic amines is 1. The molecule has 1 heterocycles. The fourth-order valence-electron chi connectivity index (χ4n) is 0.361. The van der Waals surface area contributed by atoms with Crippen LogP contribution in [-0.2, 0) is 4.70 Å². The van der Waals surface area contributed by atoms with Crippen LogP contribution in [0, 0.1) is 0 Å². The first-order valence-electron chi connectivity index (χ1n) is 2.03. The fourth-order valence-corrected chi connectivity index (χ4v) is 0.361. The van der Waals surface area contributed by atoms with Crippen molar-refractivity contribution in [2.75, 3.05) is 0 Å². The third-order valence-electron chi connectivity index (χ3n) is 0.650. The fraction of sp³-hybridized carbons (Fsp3) is 0. The maximum absolute atomic E-state index is 9.60. The quantitative estimate of drug-likeness (QED) is 0.534. The van der Waals surface area contributed by atoms with Gasteiger partial charge in [0.05, 0.1) is 0 Å². The summed E-state index contributed by atoms with van der Waals surface area (Å²) in [6.45, 7) is 0.